The number of nitrogens with zero attached hydrogens (tertiary/aromatic N) is 2. The molecular weight excluding hydrogens is 409 g/mol. The smallest absolute Gasteiger partial charge is 0.258 e. The highest BCUT2D eigenvalue weighted by Crippen LogP contribution is 2.50. The number of benzene rings is 1. The van der Waals surface area contributed by atoms with Crippen molar-refractivity contribution in [2.24, 2.45) is 17.8 Å². The topological polar surface area (TPSA) is 74.6 Å². The Hall–Kier alpha value is -2.51. The van der Waals surface area contributed by atoms with Gasteiger partial charge in [-0.2, -0.15) is 0 Å². The molecule has 32 heavy (non-hydrogen) atoms. The first-order chi connectivity index (χ1) is 15.5. The van der Waals surface area contributed by atoms with Crippen molar-refractivity contribution in [2.75, 3.05) is 19.7 Å². The fraction of sp³-hybridized carbons (Fsp3) is 0.520. The van der Waals surface area contributed by atoms with E-state index in [4.69, 9.17) is 0 Å². The highest BCUT2D eigenvalue weighted by atomic mass is 19.1. The lowest BCUT2D eigenvalue weighted by Crippen LogP contribution is -2.47. The third-order valence-corrected chi connectivity index (χ3v) is 7.35. The Morgan fingerprint density at radius 1 is 1.19 bits per heavy atom. The summed E-state index contributed by atoms with van der Waals surface area (Å²) in [4.78, 5) is 29.0. The first-order valence-corrected chi connectivity index (χ1v) is 11.7. The molecule has 1 saturated heterocycles. The molecule has 0 spiro atoms. The molecule has 2 fully saturated rings. The monoisotopic (exact) mass is 439 g/mol. The zero-order chi connectivity index (χ0) is 22.4. The largest absolute Gasteiger partial charge is 0.396 e. The molecule has 7 heteroatoms. The van der Waals surface area contributed by atoms with E-state index in [1.165, 1.54) is 18.9 Å². The van der Waals surface area contributed by atoms with Crippen LogP contribution in [0.2, 0.25) is 0 Å². The number of fused-ring (bicyclic) bond motifs is 4. The number of amides is 1. The number of hydrogen-bond donors (Lipinski definition) is 2. The summed E-state index contributed by atoms with van der Waals surface area (Å²) in [5.74, 6) is -0.523. The number of nitrogens with one attached hydrogen (secondary N) is 1. The number of rotatable bonds is 7. The van der Waals surface area contributed by atoms with Crippen LogP contribution >= 0.6 is 0 Å². The summed E-state index contributed by atoms with van der Waals surface area (Å²) in [6.45, 7) is 3.78. The minimum absolute atomic E-state index is 0.0572. The number of halogens is 1. The highest BCUT2D eigenvalue weighted by molar-refractivity contribution is 5.80. The Morgan fingerprint density at radius 2 is 1.97 bits per heavy atom. The Labute approximate surface area is 187 Å². The van der Waals surface area contributed by atoms with E-state index in [0.717, 1.165) is 18.7 Å². The Bertz CT molecular complexity index is 1080. The Morgan fingerprint density at radius 3 is 2.66 bits per heavy atom. The van der Waals surface area contributed by atoms with Crippen molar-refractivity contribution in [1.82, 2.24) is 14.8 Å². The molecule has 5 rings (SSSR count). The molecule has 1 aliphatic carbocycles. The molecule has 3 aliphatic rings. The summed E-state index contributed by atoms with van der Waals surface area (Å²) in [5.41, 5.74) is 1.17. The minimum Gasteiger partial charge on any atom is -0.396 e. The van der Waals surface area contributed by atoms with Crippen molar-refractivity contribution >= 4 is 5.91 Å². The van der Waals surface area contributed by atoms with Crippen LogP contribution in [0.3, 0.4) is 0 Å². The van der Waals surface area contributed by atoms with Gasteiger partial charge in [-0.3, -0.25) is 14.5 Å². The normalized spacial score (nSPS) is 26.7. The standard InChI is InChI=1S/C25H30FN3O3/c1-2-11-27-24(31)22-18(14-30)21-13-29-20(23(22)28(21)12-15-7-8-15)10-9-17(25(29)32)16-5-3-4-6-19(16)26/h3-6,9-10,15,18,21-23,30H,2,7-8,11-14H2,1H3,(H,27,31)/t18-,21-,22+,23+/m1/s1. The zero-order valence-electron chi connectivity index (χ0n) is 18.3. The van der Waals surface area contributed by atoms with Gasteiger partial charge in [-0.05, 0) is 43.4 Å². The second kappa shape index (κ2) is 8.45. The summed E-state index contributed by atoms with van der Waals surface area (Å²) in [6.07, 6.45) is 3.21. The molecule has 170 valence electrons. The maximum absolute atomic E-state index is 14.4. The molecule has 0 unspecified atom stereocenters. The van der Waals surface area contributed by atoms with Gasteiger partial charge in [0.1, 0.15) is 5.82 Å². The molecule has 1 amide bonds. The lowest BCUT2D eigenvalue weighted by molar-refractivity contribution is -0.127. The number of hydrogen-bond acceptors (Lipinski definition) is 4. The molecule has 6 nitrogen and oxygen atoms in total. The predicted octanol–water partition coefficient (Wildman–Crippen LogP) is 2.55. The van der Waals surface area contributed by atoms with Crippen LogP contribution < -0.4 is 10.9 Å². The van der Waals surface area contributed by atoms with Gasteiger partial charge in [0.15, 0.2) is 0 Å². The van der Waals surface area contributed by atoms with Crippen LogP contribution in [0, 0.1) is 23.6 Å². The molecular formula is C25H30FN3O3. The average Bonchev–Trinajstić information content (AvgIpc) is 3.58. The Kier molecular flexibility index (Phi) is 5.63. The number of pyridine rings is 1. The van der Waals surface area contributed by atoms with Gasteiger partial charge in [-0.25, -0.2) is 4.39 Å². The van der Waals surface area contributed by atoms with Gasteiger partial charge in [-0.1, -0.05) is 25.1 Å². The maximum atomic E-state index is 14.4. The highest BCUT2D eigenvalue weighted by Gasteiger charge is 2.56. The number of aromatic nitrogens is 1. The quantitative estimate of drug-likeness (QED) is 0.696. The third-order valence-electron chi connectivity index (χ3n) is 7.35. The molecule has 2 aliphatic heterocycles. The van der Waals surface area contributed by atoms with Crippen molar-refractivity contribution in [3.05, 3.63) is 58.3 Å². The van der Waals surface area contributed by atoms with E-state index in [1.54, 1.807) is 28.8 Å². The summed E-state index contributed by atoms with van der Waals surface area (Å²) >= 11 is 0. The molecule has 4 atom stereocenters. The van der Waals surface area contributed by atoms with E-state index >= 15 is 0 Å². The van der Waals surface area contributed by atoms with E-state index < -0.39 is 11.7 Å². The lowest BCUT2D eigenvalue weighted by atomic mass is 9.86. The van der Waals surface area contributed by atoms with Crippen LogP contribution in [0.25, 0.3) is 11.1 Å². The van der Waals surface area contributed by atoms with Crippen molar-refractivity contribution < 1.29 is 14.3 Å². The SMILES string of the molecule is CCCNC(=O)[C@H]1[C@H](CO)[C@H]2Cn3c(ccc(-c4ccccc4F)c3=O)[C@@H]1N2CC1CC1. The van der Waals surface area contributed by atoms with E-state index in [1.807, 2.05) is 13.0 Å². The molecule has 1 aromatic carbocycles. The summed E-state index contributed by atoms with van der Waals surface area (Å²) in [7, 11) is 0. The van der Waals surface area contributed by atoms with Gasteiger partial charge in [-0.15, -0.1) is 0 Å². The van der Waals surface area contributed by atoms with Gasteiger partial charge in [0, 0.05) is 49.5 Å². The predicted molar refractivity (Wildman–Crippen MR) is 119 cm³/mol. The molecule has 2 aromatic rings. The van der Waals surface area contributed by atoms with Crippen LogP contribution in [0.4, 0.5) is 4.39 Å². The fourth-order valence-corrected chi connectivity index (χ4v) is 5.62. The number of aliphatic hydroxyl groups excluding tert-OH is 1. The van der Waals surface area contributed by atoms with Gasteiger partial charge < -0.3 is 15.0 Å². The number of carbonyl (C=O) groups excluding carboxylic acids is 1. The third kappa shape index (κ3) is 3.48. The van der Waals surface area contributed by atoms with Crippen molar-refractivity contribution in [2.45, 2.75) is 44.8 Å². The van der Waals surface area contributed by atoms with Gasteiger partial charge in [0.2, 0.25) is 5.91 Å². The fourth-order valence-electron chi connectivity index (χ4n) is 5.62. The molecule has 3 heterocycles. The second-order valence-electron chi connectivity index (χ2n) is 9.38. The van der Waals surface area contributed by atoms with Crippen molar-refractivity contribution in [3.8, 4) is 11.1 Å². The average molecular weight is 440 g/mol. The van der Waals surface area contributed by atoms with Gasteiger partial charge in [0.05, 0.1) is 17.5 Å². The van der Waals surface area contributed by atoms with Gasteiger partial charge in [0.25, 0.3) is 5.56 Å². The van der Waals surface area contributed by atoms with Crippen molar-refractivity contribution in [1.29, 1.82) is 0 Å². The zero-order valence-corrected chi connectivity index (χ0v) is 18.3. The van der Waals surface area contributed by atoms with Gasteiger partial charge >= 0.3 is 0 Å². The molecule has 2 bridgehead atoms. The van der Waals surface area contributed by atoms with Crippen LogP contribution in [-0.2, 0) is 11.3 Å². The molecule has 1 saturated carbocycles. The van der Waals surface area contributed by atoms with Crippen LogP contribution in [0.15, 0.2) is 41.2 Å². The minimum atomic E-state index is -0.427. The van der Waals surface area contributed by atoms with Crippen LogP contribution in [0.5, 0.6) is 0 Å². The molecule has 2 N–H and O–H groups in total. The van der Waals surface area contributed by atoms with Crippen molar-refractivity contribution in [3.63, 3.8) is 0 Å². The first-order valence-electron chi connectivity index (χ1n) is 11.7. The van der Waals surface area contributed by atoms with Crippen LogP contribution in [0.1, 0.15) is 37.9 Å². The summed E-state index contributed by atoms with van der Waals surface area (Å²) in [5, 5.41) is 13.3. The van der Waals surface area contributed by atoms with E-state index in [-0.39, 0.29) is 41.6 Å². The van der Waals surface area contributed by atoms with E-state index in [0.29, 0.717) is 24.6 Å². The molecule has 0 radical (unpaired) electrons. The maximum Gasteiger partial charge on any atom is 0.258 e. The molecule has 1 aromatic heterocycles. The lowest BCUT2D eigenvalue weighted by Gasteiger charge is -2.38. The number of aliphatic hydroxyl groups is 1. The first kappa shape index (κ1) is 21.3. The summed E-state index contributed by atoms with van der Waals surface area (Å²) in [6, 6.07) is 9.52. The second-order valence-corrected chi connectivity index (χ2v) is 9.38. The van der Waals surface area contributed by atoms with Crippen LogP contribution in [-0.4, -0.2) is 46.2 Å². The van der Waals surface area contributed by atoms with E-state index in [2.05, 4.69) is 10.2 Å². The number of carbonyl (C=O) groups is 1. The van der Waals surface area contributed by atoms with E-state index in [9.17, 15) is 19.1 Å². The summed E-state index contributed by atoms with van der Waals surface area (Å²) < 4.78 is 16.1. The Balaban J connectivity index is 1.60.